The lowest BCUT2D eigenvalue weighted by atomic mass is 10.2. The van der Waals surface area contributed by atoms with Crippen LogP contribution in [-0.4, -0.2) is 34.8 Å². The van der Waals surface area contributed by atoms with Gasteiger partial charge in [-0.3, -0.25) is 4.79 Å². The van der Waals surface area contributed by atoms with Gasteiger partial charge in [-0.15, -0.1) is 0 Å². The van der Waals surface area contributed by atoms with E-state index in [0.717, 1.165) is 11.3 Å². The van der Waals surface area contributed by atoms with Gasteiger partial charge in [0.25, 0.3) is 0 Å². The molecule has 0 saturated heterocycles. The molecule has 0 spiro atoms. The maximum atomic E-state index is 11.6. The van der Waals surface area contributed by atoms with Gasteiger partial charge in [0.05, 0.1) is 12.3 Å². The molecule has 0 radical (unpaired) electrons. The van der Waals surface area contributed by atoms with Crippen LogP contribution >= 0.6 is 11.8 Å². The first-order valence-corrected chi connectivity index (χ1v) is 7.58. The van der Waals surface area contributed by atoms with Crippen molar-refractivity contribution >= 4 is 17.7 Å². The molecule has 2 aromatic rings. The van der Waals surface area contributed by atoms with E-state index in [1.165, 1.54) is 11.8 Å². The van der Waals surface area contributed by atoms with E-state index in [0.29, 0.717) is 24.1 Å². The van der Waals surface area contributed by atoms with Crippen molar-refractivity contribution in [2.24, 2.45) is 0 Å². The number of amides is 1. The summed E-state index contributed by atoms with van der Waals surface area (Å²) in [7, 11) is 0. The van der Waals surface area contributed by atoms with Gasteiger partial charge in [0, 0.05) is 12.4 Å². The number of hydrogen-bond donors (Lipinski definition) is 1. The first-order chi connectivity index (χ1) is 10.2. The third-order valence-corrected chi connectivity index (χ3v) is 3.43. The normalized spacial score (nSPS) is 10.1. The molecule has 0 aliphatic heterocycles. The molecule has 0 bridgehead atoms. The number of hydrogen-bond acceptors (Lipinski definition) is 5. The molecule has 0 unspecified atom stereocenters. The summed E-state index contributed by atoms with van der Waals surface area (Å²) in [5.74, 6) is 1.06. The highest BCUT2D eigenvalue weighted by Crippen LogP contribution is 2.12. The Balaban J connectivity index is 1.61. The summed E-state index contributed by atoms with van der Waals surface area (Å²) < 4.78 is 5.55. The number of carbonyl (C=O) groups is 1. The van der Waals surface area contributed by atoms with Crippen molar-refractivity contribution in [3.63, 3.8) is 0 Å². The SMILES string of the molecule is Cc1cccc(OCCNC(=O)CSc2ncccn2)c1. The minimum Gasteiger partial charge on any atom is -0.492 e. The molecule has 0 aliphatic carbocycles. The fourth-order valence-electron chi connectivity index (χ4n) is 1.61. The van der Waals surface area contributed by atoms with E-state index in [1.807, 2.05) is 31.2 Å². The maximum Gasteiger partial charge on any atom is 0.230 e. The molecule has 1 N–H and O–H groups in total. The Labute approximate surface area is 128 Å². The highest BCUT2D eigenvalue weighted by Gasteiger charge is 2.03. The average molecular weight is 303 g/mol. The quantitative estimate of drug-likeness (QED) is 0.482. The Kier molecular flexibility index (Phi) is 6.02. The molecule has 6 heteroatoms. The van der Waals surface area contributed by atoms with E-state index < -0.39 is 0 Å². The number of nitrogens with one attached hydrogen (secondary N) is 1. The number of rotatable bonds is 7. The van der Waals surface area contributed by atoms with Crippen molar-refractivity contribution < 1.29 is 9.53 Å². The standard InChI is InChI=1S/C15H17N3O2S/c1-12-4-2-5-13(10-12)20-9-8-16-14(19)11-21-15-17-6-3-7-18-15/h2-7,10H,8-9,11H2,1H3,(H,16,19). The summed E-state index contributed by atoms with van der Waals surface area (Å²) in [5.41, 5.74) is 1.15. The second-order valence-electron chi connectivity index (χ2n) is 4.33. The molecule has 0 atom stereocenters. The van der Waals surface area contributed by atoms with E-state index in [1.54, 1.807) is 18.5 Å². The zero-order valence-electron chi connectivity index (χ0n) is 11.8. The molecule has 2 rings (SSSR count). The van der Waals surface area contributed by atoms with Crippen LogP contribution in [0.1, 0.15) is 5.56 Å². The monoisotopic (exact) mass is 303 g/mol. The van der Waals surface area contributed by atoms with Gasteiger partial charge in [-0.2, -0.15) is 0 Å². The smallest absolute Gasteiger partial charge is 0.230 e. The van der Waals surface area contributed by atoms with Crippen molar-refractivity contribution in [3.05, 3.63) is 48.3 Å². The summed E-state index contributed by atoms with van der Waals surface area (Å²) in [4.78, 5) is 19.7. The van der Waals surface area contributed by atoms with Crippen molar-refractivity contribution in [1.29, 1.82) is 0 Å². The van der Waals surface area contributed by atoms with Crippen LogP contribution in [0.3, 0.4) is 0 Å². The van der Waals surface area contributed by atoms with Crippen LogP contribution in [0.25, 0.3) is 0 Å². The predicted molar refractivity (Wildman–Crippen MR) is 82.4 cm³/mol. The fourth-order valence-corrected chi connectivity index (χ4v) is 2.24. The number of ether oxygens (including phenoxy) is 1. The first kappa shape index (κ1) is 15.3. The molecule has 0 saturated carbocycles. The number of thioether (sulfide) groups is 1. The Bertz CT molecular complexity index is 578. The van der Waals surface area contributed by atoms with E-state index in [9.17, 15) is 4.79 Å². The third-order valence-electron chi connectivity index (χ3n) is 2.56. The van der Waals surface area contributed by atoms with Crippen molar-refractivity contribution in [1.82, 2.24) is 15.3 Å². The van der Waals surface area contributed by atoms with Crippen LogP contribution in [-0.2, 0) is 4.79 Å². The lowest BCUT2D eigenvalue weighted by Crippen LogP contribution is -2.29. The highest BCUT2D eigenvalue weighted by molar-refractivity contribution is 7.99. The predicted octanol–water partition coefficient (Wildman–Crippen LogP) is 2.07. The molecule has 0 fully saturated rings. The number of benzene rings is 1. The summed E-state index contributed by atoms with van der Waals surface area (Å²) in [6.07, 6.45) is 3.31. The molecule has 0 aliphatic rings. The maximum absolute atomic E-state index is 11.6. The Morgan fingerprint density at radius 2 is 2.10 bits per heavy atom. The molecule has 1 aromatic carbocycles. The Morgan fingerprint density at radius 1 is 1.29 bits per heavy atom. The molecule has 110 valence electrons. The number of carbonyl (C=O) groups excluding carboxylic acids is 1. The molecular weight excluding hydrogens is 286 g/mol. The van der Waals surface area contributed by atoms with Crippen LogP contribution in [0, 0.1) is 6.92 Å². The Morgan fingerprint density at radius 3 is 2.86 bits per heavy atom. The van der Waals surface area contributed by atoms with Crippen LogP contribution < -0.4 is 10.1 Å². The number of aryl methyl sites for hydroxylation is 1. The van der Waals surface area contributed by atoms with E-state index >= 15 is 0 Å². The Hall–Kier alpha value is -2.08. The van der Waals surface area contributed by atoms with Gasteiger partial charge in [-0.1, -0.05) is 23.9 Å². The van der Waals surface area contributed by atoms with Gasteiger partial charge >= 0.3 is 0 Å². The van der Waals surface area contributed by atoms with Crippen LogP contribution in [0.15, 0.2) is 47.9 Å². The van der Waals surface area contributed by atoms with Crippen LogP contribution in [0.2, 0.25) is 0 Å². The molecule has 1 aromatic heterocycles. The highest BCUT2D eigenvalue weighted by atomic mass is 32.2. The van der Waals surface area contributed by atoms with Crippen molar-refractivity contribution in [2.75, 3.05) is 18.9 Å². The van der Waals surface area contributed by atoms with Gasteiger partial charge < -0.3 is 10.1 Å². The summed E-state index contributed by atoms with van der Waals surface area (Å²) in [5, 5.41) is 3.40. The van der Waals surface area contributed by atoms with Gasteiger partial charge in [0.15, 0.2) is 5.16 Å². The van der Waals surface area contributed by atoms with Crippen LogP contribution in [0.4, 0.5) is 0 Å². The molecule has 1 amide bonds. The van der Waals surface area contributed by atoms with E-state index in [2.05, 4.69) is 15.3 Å². The molecular formula is C15H17N3O2S. The second kappa shape index (κ2) is 8.26. The minimum absolute atomic E-state index is 0.0553. The van der Waals surface area contributed by atoms with Gasteiger partial charge in [0.2, 0.25) is 5.91 Å². The van der Waals surface area contributed by atoms with Crippen molar-refractivity contribution in [2.45, 2.75) is 12.1 Å². The topological polar surface area (TPSA) is 64.1 Å². The van der Waals surface area contributed by atoms with Gasteiger partial charge in [0.1, 0.15) is 12.4 Å². The zero-order valence-corrected chi connectivity index (χ0v) is 12.6. The first-order valence-electron chi connectivity index (χ1n) is 6.60. The number of nitrogens with zero attached hydrogens (tertiary/aromatic N) is 2. The third kappa shape index (κ3) is 5.83. The summed E-state index contributed by atoms with van der Waals surface area (Å²) in [6.45, 7) is 2.93. The lowest BCUT2D eigenvalue weighted by molar-refractivity contribution is -0.118. The van der Waals surface area contributed by atoms with E-state index in [4.69, 9.17) is 4.74 Å². The van der Waals surface area contributed by atoms with Gasteiger partial charge in [-0.25, -0.2) is 9.97 Å². The second-order valence-corrected chi connectivity index (χ2v) is 5.28. The summed E-state index contributed by atoms with van der Waals surface area (Å²) in [6, 6.07) is 9.56. The molecule has 1 heterocycles. The van der Waals surface area contributed by atoms with Crippen LogP contribution in [0.5, 0.6) is 5.75 Å². The van der Waals surface area contributed by atoms with Crippen molar-refractivity contribution in [3.8, 4) is 5.75 Å². The number of aromatic nitrogens is 2. The lowest BCUT2D eigenvalue weighted by Gasteiger charge is -2.08. The zero-order chi connectivity index (χ0) is 14.9. The largest absolute Gasteiger partial charge is 0.492 e. The minimum atomic E-state index is -0.0553. The van der Waals surface area contributed by atoms with E-state index in [-0.39, 0.29) is 5.91 Å². The van der Waals surface area contributed by atoms with Gasteiger partial charge in [-0.05, 0) is 30.7 Å². The molecule has 21 heavy (non-hydrogen) atoms. The molecule has 5 nitrogen and oxygen atoms in total. The summed E-state index contributed by atoms with van der Waals surface area (Å²) >= 11 is 1.31. The average Bonchev–Trinajstić information content (AvgIpc) is 2.51. The fraction of sp³-hybridized carbons (Fsp3) is 0.267.